The van der Waals surface area contributed by atoms with Gasteiger partial charge in [-0.3, -0.25) is 4.98 Å². The van der Waals surface area contributed by atoms with Crippen LogP contribution < -0.4 is 10.1 Å². The molecule has 0 fully saturated rings. The Labute approximate surface area is 196 Å². The maximum absolute atomic E-state index is 5.88. The minimum atomic E-state index is -0.259. The third-order valence-corrected chi connectivity index (χ3v) is 5.20. The number of aromatic nitrogens is 7. The fourth-order valence-electron chi connectivity index (χ4n) is 3.49. The highest BCUT2D eigenvalue weighted by molar-refractivity contribution is 5.63. The van der Waals surface area contributed by atoms with Gasteiger partial charge in [-0.25, -0.2) is 9.97 Å². The van der Waals surface area contributed by atoms with Crippen LogP contribution in [0.15, 0.2) is 91.4 Å². The van der Waals surface area contributed by atoms with Gasteiger partial charge in [-0.2, -0.15) is 5.21 Å². The molecule has 3 heterocycles. The highest BCUT2D eigenvalue weighted by Crippen LogP contribution is 2.25. The number of anilines is 1. The number of nitrogens with zero attached hydrogens (tertiary/aromatic N) is 6. The molecule has 1 atom stereocenters. The molecule has 0 aliphatic carbocycles. The van der Waals surface area contributed by atoms with Gasteiger partial charge >= 0.3 is 0 Å². The van der Waals surface area contributed by atoms with Crippen LogP contribution in [0.1, 0.15) is 23.1 Å². The van der Waals surface area contributed by atoms with Crippen LogP contribution in [0.3, 0.4) is 0 Å². The lowest BCUT2D eigenvalue weighted by Gasteiger charge is -2.16. The Kier molecular flexibility index (Phi) is 6.43. The Morgan fingerprint density at radius 2 is 1.74 bits per heavy atom. The Balaban J connectivity index is 1.29. The van der Waals surface area contributed by atoms with Crippen LogP contribution in [-0.2, 0) is 13.0 Å². The van der Waals surface area contributed by atoms with Crippen molar-refractivity contribution in [2.45, 2.75) is 19.1 Å². The van der Waals surface area contributed by atoms with Gasteiger partial charge in [-0.15, -0.1) is 10.2 Å². The average molecular weight is 451 g/mol. The molecule has 0 aliphatic heterocycles. The number of pyridine rings is 1. The first-order valence-electron chi connectivity index (χ1n) is 10.8. The lowest BCUT2D eigenvalue weighted by Crippen LogP contribution is -2.17. The molecule has 0 bridgehead atoms. The largest absolute Gasteiger partial charge is 0.489 e. The first-order chi connectivity index (χ1) is 16.8. The average Bonchev–Trinajstić information content (AvgIpc) is 3.44. The molecule has 5 rings (SSSR count). The van der Waals surface area contributed by atoms with Crippen molar-refractivity contribution in [2.75, 3.05) is 5.32 Å². The van der Waals surface area contributed by atoms with Crippen LogP contribution in [0.25, 0.3) is 11.3 Å². The molecule has 0 saturated carbocycles. The second-order valence-electron chi connectivity index (χ2n) is 7.58. The lowest BCUT2D eigenvalue weighted by molar-refractivity contribution is 0.306. The van der Waals surface area contributed by atoms with E-state index in [1.165, 1.54) is 6.33 Å². The number of aromatic amines is 1. The van der Waals surface area contributed by atoms with Crippen molar-refractivity contribution in [3.63, 3.8) is 0 Å². The Bertz CT molecular complexity index is 1300. The number of tetrazole rings is 1. The normalized spacial score (nSPS) is 11.6. The quantitative estimate of drug-likeness (QED) is 0.346. The van der Waals surface area contributed by atoms with E-state index in [-0.39, 0.29) is 6.04 Å². The van der Waals surface area contributed by atoms with E-state index in [0.29, 0.717) is 24.7 Å². The van der Waals surface area contributed by atoms with Crippen molar-refractivity contribution in [1.29, 1.82) is 0 Å². The highest BCUT2D eigenvalue weighted by atomic mass is 16.5. The smallest absolute Gasteiger partial charge is 0.197 e. The fourth-order valence-corrected chi connectivity index (χ4v) is 3.49. The molecule has 9 heteroatoms. The first-order valence-corrected chi connectivity index (χ1v) is 10.8. The molecule has 0 spiro atoms. The van der Waals surface area contributed by atoms with Gasteiger partial charge in [0.1, 0.15) is 24.5 Å². The molecule has 0 radical (unpaired) electrons. The standard InChI is InChI=1S/C25H22N8O/c1-2-6-18(7-3-1)16-34-21-11-9-19(10-12-21)22-15-24(28-17-27-22)29-23(25-30-32-33-31-25)14-20-8-4-5-13-26-20/h1-13,15,17,23H,14,16H2,(H,27,28,29)(H,30,31,32,33). The number of H-pyrrole nitrogens is 1. The molecule has 0 aliphatic rings. The van der Waals surface area contributed by atoms with Gasteiger partial charge in [-0.1, -0.05) is 41.6 Å². The summed E-state index contributed by atoms with van der Waals surface area (Å²) in [5.41, 5.74) is 3.78. The van der Waals surface area contributed by atoms with Crippen LogP contribution in [0.4, 0.5) is 5.82 Å². The second-order valence-corrected chi connectivity index (χ2v) is 7.58. The number of nitrogens with one attached hydrogen (secondary N) is 2. The van der Waals surface area contributed by atoms with E-state index in [2.05, 4.69) is 40.9 Å². The third kappa shape index (κ3) is 5.39. The number of benzene rings is 2. The molecule has 5 aromatic rings. The summed E-state index contributed by atoms with van der Waals surface area (Å²) in [7, 11) is 0. The van der Waals surface area contributed by atoms with E-state index in [0.717, 1.165) is 28.3 Å². The summed E-state index contributed by atoms with van der Waals surface area (Å²) < 4.78 is 5.88. The summed E-state index contributed by atoms with van der Waals surface area (Å²) in [5, 5.41) is 17.9. The van der Waals surface area contributed by atoms with Crippen molar-refractivity contribution in [3.05, 3.63) is 108 Å². The van der Waals surface area contributed by atoms with Crippen molar-refractivity contribution < 1.29 is 4.74 Å². The summed E-state index contributed by atoms with van der Waals surface area (Å²) in [6.45, 7) is 0.523. The minimum Gasteiger partial charge on any atom is -0.489 e. The molecular weight excluding hydrogens is 428 g/mol. The van der Waals surface area contributed by atoms with Crippen molar-refractivity contribution >= 4 is 5.82 Å². The number of ether oxygens (including phenoxy) is 1. The SMILES string of the molecule is c1ccc(COc2ccc(-c3cc(NC(Cc4ccccn4)c4nn[nH]n4)ncn3)cc2)cc1. The zero-order valence-corrected chi connectivity index (χ0v) is 18.2. The summed E-state index contributed by atoms with van der Waals surface area (Å²) in [4.78, 5) is 13.2. The molecule has 2 aromatic carbocycles. The van der Waals surface area contributed by atoms with Gasteiger partial charge in [0.2, 0.25) is 0 Å². The van der Waals surface area contributed by atoms with E-state index in [4.69, 9.17) is 4.74 Å². The molecule has 2 N–H and O–H groups in total. The fraction of sp³-hybridized carbons (Fsp3) is 0.120. The Morgan fingerprint density at radius 3 is 2.50 bits per heavy atom. The van der Waals surface area contributed by atoms with Gasteiger partial charge in [0.25, 0.3) is 0 Å². The molecule has 34 heavy (non-hydrogen) atoms. The molecule has 168 valence electrons. The molecular formula is C25H22N8O. The molecule has 1 unspecified atom stereocenters. The topological polar surface area (TPSA) is 114 Å². The summed E-state index contributed by atoms with van der Waals surface area (Å²) in [6.07, 6.45) is 3.87. The Hall–Kier alpha value is -4.66. The van der Waals surface area contributed by atoms with E-state index in [1.54, 1.807) is 6.20 Å². The van der Waals surface area contributed by atoms with Crippen LogP contribution in [0.2, 0.25) is 0 Å². The van der Waals surface area contributed by atoms with Gasteiger partial charge in [0.15, 0.2) is 5.82 Å². The molecule has 3 aromatic heterocycles. The number of rotatable bonds is 9. The summed E-state index contributed by atoms with van der Waals surface area (Å²) >= 11 is 0. The van der Waals surface area contributed by atoms with Gasteiger partial charge in [0, 0.05) is 29.9 Å². The summed E-state index contributed by atoms with van der Waals surface area (Å²) in [6, 6.07) is 25.4. The second kappa shape index (κ2) is 10.3. The number of hydrogen-bond acceptors (Lipinski definition) is 8. The summed E-state index contributed by atoms with van der Waals surface area (Å²) in [5.74, 6) is 1.98. The highest BCUT2D eigenvalue weighted by Gasteiger charge is 2.18. The van der Waals surface area contributed by atoms with Gasteiger partial charge in [-0.05, 0) is 42.0 Å². The van der Waals surface area contributed by atoms with Crippen LogP contribution >= 0.6 is 0 Å². The van der Waals surface area contributed by atoms with E-state index in [9.17, 15) is 0 Å². The van der Waals surface area contributed by atoms with E-state index in [1.807, 2.05) is 78.9 Å². The van der Waals surface area contributed by atoms with Crippen LogP contribution in [0.5, 0.6) is 5.75 Å². The zero-order chi connectivity index (χ0) is 23.0. The van der Waals surface area contributed by atoms with Crippen molar-refractivity contribution in [1.82, 2.24) is 35.6 Å². The lowest BCUT2D eigenvalue weighted by atomic mass is 10.1. The van der Waals surface area contributed by atoms with Crippen molar-refractivity contribution in [2.24, 2.45) is 0 Å². The monoisotopic (exact) mass is 450 g/mol. The predicted octanol–water partition coefficient (Wildman–Crippen LogP) is 4.03. The van der Waals surface area contributed by atoms with Gasteiger partial charge < -0.3 is 10.1 Å². The molecule has 9 nitrogen and oxygen atoms in total. The number of hydrogen-bond donors (Lipinski definition) is 2. The Morgan fingerprint density at radius 1 is 0.882 bits per heavy atom. The minimum absolute atomic E-state index is 0.259. The third-order valence-electron chi connectivity index (χ3n) is 5.20. The zero-order valence-electron chi connectivity index (χ0n) is 18.2. The van der Waals surface area contributed by atoms with Crippen LogP contribution in [-0.4, -0.2) is 35.6 Å². The molecule has 0 amide bonds. The van der Waals surface area contributed by atoms with E-state index >= 15 is 0 Å². The maximum atomic E-state index is 5.88. The maximum Gasteiger partial charge on any atom is 0.197 e. The van der Waals surface area contributed by atoms with Crippen molar-refractivity contribution in [3.8, 4) is 17.0 Å². The van der Waals surface area contributed by atoms with E-state index < -0.39 is 0 Å². The predicted molar refractivity (Wildman–Crippen MR) is 127 cm³/mol. The molecule has 0 saturated heterocycles. The van der Waals surface area contributed by atoms with Crippen LogP contribution in [0, 0.1) is 0 Å². The first kappa shape index (κ1) is 21.2. The van der Waals surface area contributed by atoms with Gasteiger partial charge in [0.05, 0.1) is 11.7 Å².